The maximum atomic E-state index is 2.12. The maximum Gasteiger partial charge on any atom is 0.0495 e. The molecule has 0 atom stereocenters. The minimum absolute atomic E-state index is 1.03. The zero-order valence-corrected chi connectivity index (χ0v) is 7.60. The van der Waals surface area contributed by atoms with E-state index in [2.05, 4.69) is 38.0 Å². The van der Waals surface area contributed by atoms with Gasteiger partial charge in [0.1, 0.15) is 0 Å². The molecule has 0 aliphatic rings. The van der Waals surface area contributed by atoms with Gasteiger partial charge in [-0.15, -0.1) is 0 Å². The number of nitrogens with zero attached hydrogens (tertiary/aromatic N) is 2. The molecule has 0 aliphatic carbocycles. The Morgan fingerprint density at radius 2 is 1.00 bits per heavy atom. The van der Waals surface area contributed by atoms with Crippen molar-refractivity contribution in [3.8, 4) is 0 Å². The normalized spacial score (nSPS) is 9.33. The van der Waals surface area contributed by atoms with E-state index in [9.17, 15) is 0 Å². The van der Waals surface area contributed by atoms with Gasteiger partial charge in [0.15, 0.2) is 0 Å². The van der Waals surface area contributed by atoms with Crippen molar-refractivity contribution >= 4 is 0 Å². The fourth-order valence-electron chi connectivity index (χ4n) is 0.566. The van der Waals surface area contributed by atoms with E-state index in [1.54, 1.807) is 0 Å². The maximum absolute atomic E-state index is 2.12. The van der Waals surface area contributed by atoms with Gasteiger partial charge in [-0.3, -0.25) is 9.80 Å². The van der Waals surface area contributed by atoms with Crippen molar-refractivity contribution < 1.29 is 0 Å². The Bertz CT molecular complexity index is 36.2. The summed E-state index contributed by atoms with van der Waals surface area (Å²) in [6, 6.07) is 0. The van der Waals surface area contributed by atoms with Crippen LogP contribution in [0.5, 0.6) is 0 Å². The van der Waals surface area contributed by atoms with Crippen LogP contribution >= 0.6 is 0 Å². The van der Waals surface area contributed by atoms with Crippen molar-refractivity contribution in [3.05, 3.63) is 0 Å². The minimum Gasteiger partial charge on any atom is -0.297 e. The van der Waals surface area contributed by atoms with Gasteiger partial charge in [-0.2, -0.15) is 0 Å². The van der Waals surface area contributed by atoms with Gasteiger partial charge in [-0.1, -0.05) is 13.8 Å². The summed E-state index contributed by atoms with van der Waals surface area (Å²) >= 11 is 0. The molecule has 2 heteroatoms. The summed E-state index contributed by atoms with van der Waals surface area (Å²) in [6.45, 7) is 5.03. The predicted molar refractivity (Wildman–Crippen MR) is 43.6 cm³/mol. The lowest BCUT2D eigenvalue weighted by molar-refractivity contribution is 0.245. The van der Waals surface area contributed by atoms with Crippen LogP contribution < -0.4 is 0 Å². The summed E-state index contributed by atoms with van der Waals surface area (Å²) in [4.78, 5) is 4.25. The Morgan fingerprint density at radius 1 is 0.778 bits per heavy atom. The fourth-order valence-corrected chi connectivity index (χ4v) is 0.566. The Morgan fingerprint density at radius 3 is 1.00 bits per heavy atom. The molecule has 0 aliphatic heterocycles. The molecule has 2 nitrogen and oxygen atoms in total. The predicted octanol–water partition coefficient (Wildman–Crippen LogP) is 1.09. The molecule has 0 radical (unpaired) electrons. The van der Waals surface area contributed by atoms with E-state index in [0.29, 0.717) is 0 Å². The van der Waals surface area contributed by atoms with Gasteiger partial charge in [-0.05, 0) is 28.2 Å². The van der Waals surface area contributed by atoms with Crippen LogP contribution in [0.3, 0.4) is 0 Å². The first-order valence-electron chi connectivity index (χ1n) is 3.42. The van der Waals surface area contributed by atoms with E-state index in [1.165, 1.54) is 0 Å². The van der Waals surface area contributed by atoms with E-state index in [-0.39, 0.29) is 0 Å². The first-order valence-corrected chi connectivity index (χ1v) is 3.42. The molecule has 58 valence electrons. The van der Waals surface area contributed by atoms with Crippen LogP contribution in [0.1, 0.15) is 13.8 Å². The Hall–Kier alpha value is -0.0800. The summed E-state index contributed by atoms with van der Waals surface area (Å²) in [5.74, 6) is 0. The van der Waals surface area contributed by atoms with Crippen molar-refractivity contribution in [2.75, 3.05) is 34.9 Å². The largest absolute Gasteiger partial charge is 0.297 e. The molecule has 0 aromatic carbocycles. The lowest BCUT2D eigenvalue weighted by Gasteiger charge is -2.14. The summed E-state index contributed by atoms with van der Waals surface area (Å²) in [7, 11) is 8.22. The zero-order valence-electron chi connectivity index (χ0n) is 7.60. The summed E-state index contributed by atoms with van der Waals surface area (Å²) in [6.07, 6.45) is 0. The van der Waals surface area contributed by atoms with Crippen molar-refractivity contribution in [2.24, 2.45) is 0 Å². The highest BCUT2D eigenvalue weighted by Crippen LogP contribution is 1.74. The smallest absolute Gasteiger partial charge is 0.0495 e. The second kappa shape index (κ2) is 7.92. The lowest BCUT2D eigenvalue weighted by atomic mass is 10.8. The number of hydrogen-bond donors (Lipinski definition) is 0. The van der Waals surface area contributed by atoms with Gasteiger partial charge in [-0.25, -0.2) is 0 Å². The zero-order chi connectivity index (χ0) is 7.86. The average Bonchev–Trinajstić information content (AvgIpc) is 1.68. The van der Waals surface area contributed by atoms with Crippen molar-refractivity contribution in [1.82, 2.24) is 9.80 Å². The Kier molecular flexibility index (Phi) is 10.3. The summed E-state index contributed by atoms with van der Waals surface area (Å²) in [5, 5.41) is 0. The van der Waals surface area contributed by atoms with Gasteiger partial charge in [0.2, 0.25) is 0 Å². The van der Waals surface area contributed by atoms with E-state index in [4.69, 9.17) is 0 Å². The number of rotatable bonds is 2. The van der Waals surface area contributed by atoms with Gasteiger partial charge >= 0.3 is 0 Å². The first kappa shape index (κ1) is 11.7. The summed E-state index contributed by atoms with van der Waals surface area (Å²) in [5.41, 5.74) is 0. The van der Waals surface area contributed by atoms with Gasteiger partial charge in [0.05, 0.1) is 0 Å². The molecule has 0 bridgehead atoms. The minimum atomic E-state index is 1.03. The summed E-state index contributed by atoms with van der Waals surface area (Å²) < 4.78 is 0. The molecular weight excluding hydrogens is 112 g/mol. The van der Waals surface area contributed by atoms with Crippen LogP contribution in [0.4, 0.5) is 0 Å². The Balaban J connectivity index is 0. The third kappa shape index (κ3) is 18.1. The number of hydrogen-bond acceptors (Lipinski definition) is 2. The molecule has 0 saturated carbocycles. The molecule has 0 saturated heterocycles. The fraction of sp³-hybridized carbons (Fsp3) is 1.00. The van der Waals surface area contributed by atoms with Crippen LogP contribution in [-0.4, -0.2) is 44.7 Å². The topological polar surface area (TPSA) is 6.48 Å². The molecule has 0 N–H and O–H groups in total. The van der Waals surface area contributed by atoms with Crippen LogP contribution in [0.15, 0.2) is 0 Å². The highest BCUT2D eigenvalue weighted by Gasteiger charge is 1.87. The van der Waals surface area contributed by atoms with Crippen molar-refractivity contribution in [2.45, 2.75) is 13.8 Å². The standard InChI is InChI=1S/C5H14N2.C2H6/c1-6(2)5-7(3)4;1-2/h5H2,1-4H3;1-2H3. The highest BCUT2D eigenvalue weighted by molar-refractivity contribution is 4.35. The molecule has 0 aromatic rings. The molecule has 0 heterocycles. The van der Waals surface area contributed by atoms with Crippen LogP contribution in [0.25, 0.3) is 0 Å². The highest BCUT2D eigenvalue weighted by atomic mass is 15.2. The quantitative estimate of drug-likeness (QED) is 0.519. The molecular formula is C7H20N2. The molecule has 0 spiro atoms. The van der Waals surface area contributed by atoms with Gasteiger partial charge in [0.25, 0.3) is 0 Å². The second-order valence-electron chi connectivity index (χ2n) is 2.30. The van der Waals surface area contributed by atoms with Crippen LogP contribution in [0.2, 0.25) is 0 Å². The van der Waals surface area contributed by atoms with Crippen molar-refractivity contribution in [3.63, 3.8) is 0 Å². The lowest BCUT2D eigenvalue weighted by Crippen LogP contribution is -2.26. The van der Waals surface area contributed by atoms with E-state index >= 15 is 0 Å². The molecule has 0 aromatic heterocycles. The first-order chi connectivity index (χ1) is 4.13. The molecule has 0 fully saturated rings. The van der Waals surface area contributed by atoms with Crippen LogP contribution in [0, 0.1) is 0 Å². The van der Waals surface area contributed by atoms with Crippen molar-refractivity contribution in [1.29, 1.82) is 0 Å². The van der Waals surface area contributed by atoms with Gasteiger partial charge < -0.3 is 0 Å². The van der Waals surface area contributed by atoms with E-state index in [1.807, 2.05) is 13.8 Å². The van der Waals surface area contributed by atoms with Gasteiger partial charge in [0, 0.05) is 6.67 Å². The molecule has 0 amide bonds. The Labute approximate surface area is 59.5 Å². The SMILES string of the molecule is CC.CN(C)CN(C)C. The average molecular weight is 132 g/mol. The van der Waals surface area contributed by atoms with E-state index in [0.717, 1.165) is 6.67 Å². The molecule has 0 rings (SSSR count). The second-order valence-corrected chi connectivity index (χ2v) is 2.30. The molecule has 0 unspecified atom stereocenters. The third-order valence-electron chi connectivity index (χ3n) is 0.566. The third-order valence-corrected chi connectivity index (χ3v) is 0.566. The van der Waals surface area contributed by atoms with Crippen LogP contribution in [-0.2, 0) is 0 Å². The molecule has 9 heavy (non-hydrogen) atoms. The monoisotopic (exact) mass is 132 g/mol. The van der Waals surface area contributed by atoms with E-state index < -0.39 is 0 Å².